The van der Waals surface area contributed by atoms with Crippen LogP contribution in [0.25, 0.3) is 0 Å². The van der Waals surface area contributed by atoms with Crippen molar-refractivity contribution in [1.29, 1.82) is 0 Å². The predicted molar refractivity (Wildman–Crippen MR) is 63.9 cm³/mol. The van der Waals surface area contributed by atoms with Gasteiger partial charge in [-0.2, -0.15) is 5.10 Å². The van der Waals surface area contributed by atoms with Crippen molar-refractivity contribution in [1.82, 2.24) is 10.3 Å². The summed E-state index contributed by atoms with van der Waals surface area (Å²) in [4.78, 5) is 33.8. The highest BCUT2D eigenvalue weighted by atomic mass is 16.4. The van der Waals surface area contributed by atoms with E-state index in [2.05, 4.69) is 10.4 Å². The van der Waals surface area contributed by atoms with Crippen molar-refractivity contribution in [3.8, 4) is 0 Å². The molecule has 0 aromatic rings. The summed E-state index contributed by atoms with van der Waals surface area (Å²) >= 11 is 0. The summed E-state index contributed by atoms with van der Waals surface area (Å²) in [5, 5.41) is 16.4. The standard InChI is InChI=1S/C11H17N3O4/c1-11(2,10(17)18)6-12-9(16)7-4-5-8(15)14(3)13-7/h4-6H2,1-3H3,(H,12,16)(H,17,18). The molecule has 0 saturated heterocycles. The molecule has 2 amide bonds. The van der Waals surface area contributed by atoms with Crippen LogP contribution in [0, 0.1) is 5.41 Å². The Hall–Kier alpha value is -1.92. The van der Waals surface area contributed by atoms with Gasteiger partial charge in [-0.3, -0.25) is 14.4 Å². The molecular weight excluding hydrogens is 238 g/mol. The normalized spacial score (nSPS) is 16.3. The number of carbonyl (C=O) groups is 3. The van der Waals surface area contributed by atoms with Gasteiger partial charge in [-0.25, -0.2) is 5.01 Å². The molecule has 0 fully saturated rings. The van der Waals surface area contributed by atoms with Crippen LogP contribution < -0.4 is 5.32 Å². The zero-order valence-corrected chi connectivity index (χ0v) is 10.7. The minimum atomic E-state index is -1.04. The Bertz CT molecular complexity index is 415. The van der Waals surface area contributed by atoms with E-state index in [1.807, 2.05) is 0 Å². The Kier molecular flexibility index (Phi) is 4.05. The van der Waals surface area contributed by atoms with E-state index in [0.29, 0.717) is 0 Å². The van der Waals surface area contributed by atoms with Crippen molar-refractivity contribution >= 4 is 23.5 Å². The van der Waals surface area contributed by atoms with Crippen molar-refractivity contribution in [3.63, 3.8) is 0 Å². The molecule has 0 spiro atoms. The van der Waals surface area contributed by atoms with Crippen LogP contribution in [0.2, 0.25) is 0 Å². The summed E-state index contributed by atoms with van der Waals surface area (Å²) < 4.78 is 0. The number of nitrogens with zero attached hydrogens (tertiary/aromatic N) is 2. The highest BCUT2D eigenvalue weighted by molar-refractivity contribution is 6.39. The van der Waals surface area contributed by atoms with E-state index in [4.69, 9.17) is 5.11 Å². The van der Waals surface area contributed by atoms with Gasteiger partial charge in [0.05, 0.1) is 5.41 Å². The average molecular weight is 255 g/mol. The van der Waals surface area contributed by atoms with Crippen LogP contribution in [0.15, 0.2) is 5.10 Å². The maximum Gasteiger partial charge on any atom is 0.310 e. The second kappa shape index (κ2) is 5.16. The van der Waals surface area contributed by atoms with Crippen LogP contribution in [-0.4, -0.2) is 47.2 Å². The molecule has 1 heterocycles. The molecule has 0 aliphatic carbocycles. The van der Waals surface area contributed by atoms with E-state index < -0.39 is 17.3 Å². The topological polar surface area (TPSA) is 99.1 Å². The van der Waals surface area contributed by atoms with Crippen LogP contribution in [0.1, 0.15) is 26.7 Å². The first kappa shape index (κ1) is 14.1. The van der Waals surface area contributed by atoms with Gasteiger partial charge in [-0.15, -0.1) is 0 Å². The third-order valence-corrected chi connectivity index (χ3v) is 2.74. The third kappa shape index (κ3) is 3.28. The molecule has 0 atom stereocenters. The monoisotopic (exact) mass is 255 g/mol. The first-order chi connectivity index (χ1) is 8.24. The van der Waals surface area contributed by atoms with Crippen molar-refractivity contribution in [3.05, 3.63) is 0 Å². The lowest BCUT2D eigenvalue weighted by molar-refractivity contribution is -0.146. The van der Waals surface area contributed by atoms with Crippen LogP contribution in [-0.2, 0) is 14.4 Å². The van der Waals surface area contributed by atoms with E-state index in [-0.39, 0.29) is 31.0 Å². The molecule has 0 aromatic carbocycles. The molecule has 1 aliphatic heterocycles. The van der Waals surface area contributed by atoms with E-state index in [9.17, 15) is 14.4 Å². The van der Waals surface area contributed by atoms with Gasteiger partial charge >= 0.3 is 5.97 Å². The fraction of sp³-hybridized carbons (Fsp3) is 0.636. The lowest BCUT2D eigenvalue weighted by atomic mass is 9.94. The van der Waals surface area contributed by atoms with Crippen molar-refractivity contribution < 1.29 is 19.5 Å². The van der Waals surface area contributed by atoms with Gasteiger partial charge < -0.3 is 10.4 Å². The fourth-order valence-electron chi connectivity index (χ4n) is 1.31. The molecule has 0 saturated carbocycles. The Morgan fingerprint density at radius 3 is 2.56 bits per heavy atom. The number of hydrogen-bond acceptors (Lipinski definition) is 4. The van der Waals surface area contributed by atoms with Crippen molar-refractivity contribution in [2.75, 3.05) is 13.6 Å². The highest BCUT2D eigenvalue weighted by Crippen LogP contribution is 2.13. The summed E-state index contributed by atoms with van der Waals surface area (Å²) in [6.07, 6.45) is 0.521. The number of nitrogens with one attached hydrogen (secondary N) is 1. The molecule has 1 aliphatic rings. The van der Waals surface area contributed by atoms with Crippen molar-refractivity contribution in [2.24, 2.45) is 10.5 Å². The van der Waals surface area contributed by atoms with E-state index in [1.165, 1.54) is 20.9 Å². The van der Waals surface area contributed by atoms with Crippen molar-refractivity contribution in [2.45, 2.75) is 26.7 Å². The van der Waals surface area contributed by atoms with Gasteiger partial charge in [0.25, 0.3) is 5.91 Å². The van der Waals surface area contributed by atoms with Crippen LogP contribution in [0.3, 0.4) is 0 Å². The summed E-state index contributed by atoms with van der Waals surface area (Å²) in [5.41, 5.74) is -0.787. The van der Waals surface area contributed by atoms with Crippen LogP contribution in [0.4, 0.5) is 0 Å². The predicted octanol–water partition coefficient (Wildman–Crippen LogP) is -0.178. The molecular formula is C11H17N3O4. The zero-order valence-electron chi connectivity index (χ0n) is 10.7. The number of amides is 2. The third-order valence-electron chi connectivity index (χ3n) is 2.74. The van der Waals surface area contributed by atoms with Gasteiger partial charge in [0, 0.05) is 26.4 Å². The largest absolute Gasteiger partial charge is 0.481 e. The number of hydrogen-bond donors (Lipinski definition) is 2. The van der Waals surface area contributed by atoms with Gasteiger partial charge in [-0.05, 0) is 13.8 Å². The molecule has 7 nitrogen and oxygen atoms in total. The van der Waals surface area contributed by atoms with Gasteiger partial charge in [-0.1, -0.05) is 0 Å². The smallest absolute Gasteiger partial charge is 0.310 e. The van der Waals surface area contributed by atoms with Crippen LogP contribution >= 0.6 is 0 Å². The number of rotatable bonds is 4. The summed E-state index contributed by atoms with van der Waals surface area (Å²) in [6.45, 7) is 3.06. The van der Waals surface area contributed by atoms with E-state index in [0.717, 1.165) is 5.01 Å². The second-order valence-electron chi connectivity index (χ2n) is 4.84. The Morgan fingerprint density at radius 1 is 1.44 bits per heavy atom. The molecule has 0 aromatic heterocycles. The first-order valence-corrected chi connectivity index (χ1v) is 5.59. The van der Waals surface area contributed by atoms with Gasteiger partial charge in [0.1, 0.15) is 5.71 Å². The maximum absolute atomic E-state index is 11.7. The highest BCUT2D eigenvalue weighted by Gasteiger charge is 2.29. The second-order valence-corrected chi connectivity index (χ2v) is 4.84. The summed E-state index contributed by atoms with van der Waals surface area (Å²) in [6, 6.07) is 0. The van der Waals surface area contributed by atoms with E-state index >= 15 is 0 Å². The molecule has 0 bridgehead atoms. The molecule has 2 N–H and O–H groups in total. The SMILES string of the molecule is CN1N=C(C(=O)NCC(C)(C)C(=O)O)CCC1=O. The number of carbonyl (C=O) groups excluding carboxylic acids is 2. The average Bonchev–Trinajstić information content (AvgIpc) is 2.29. The minimum absolute atomic E-state index is 0.0118. The summed E-state index contributed by atoms with van der Waals surface area (Å²) in [7, 11) is 1.48. The number of aliphatic carboxylic acids is 1. The Balaban J connectivity index is 2.60. The minimum Gasteiger partial charge on any atom is -0.481 e. The molecule has 100 valence electrons. The van der Waals surface area contributed by atoms with Crippen LogP contribution in [0.5, 0.6) is 0 Å². The maximum atomic E-state index is 11.7. The van der Waals surface area contributed by atoms with Gasteiger partial charge in [0.15, 0.2) is 0 Å². The molecule has 7 heteroatoms. The lowest BCUT2D eigenvalue weighted by Crippen LogP contribution is -2.43. The first-order valence-electron chi connectivity index (χ1n) is 5.59. The zero-order chi connectivity index (χ0) is 13.9. The fourth-order valence-corrected chi connectivity index (χ4v) is 1.31. The molecule has 0 unspecified atom stereocenters. The number of carboxylic acid groups (broad SMARTS) is 1. The summed E-state index contributed by atoms with van der Waals surface area (Å²) in [5.74, 6) is -1.55. The quantitative estimate of drug-likeness (QED) is 0.728. The molecule has 18 heavy (non-hydrogen) atoms. The Labute approximate surface area is 105 Å². The molecule has 0 radical (unpaired) electrons. The van der Waals surface area contributed by atoms with Gasteiger partial charge in [0.2, 0.25) is 5.91 Å². The molecule has 1 rings (SSSR count). The van der Waals surface area contributed by atoms with E-state index in [1.54, 1.807) is 0 Å². The number of hydrazone groups is 1. The Morgan fingerprint density at radius 2 is 2.06 bits per heavy atom. The number of carboxylic acids is 1. The lowest BCUT2D eigenvalue weighted by Gasteiger charge is -2.22.